The number of benzene rings is 2. The predicted octanol–water partition coefficient (Wildman–Crippen LogP) is 4.16. The number of amides is 1. The van der Waals surface area contributed by atoms with Gasteiger partial charge in [0.2, 0.25) is 0 Å². The number of carbonyl (C=O) groups is 1. The number of hydrazone groups is 1. The molecule has 0 radical (unpaired) electrons. The minimum absolute atomic E-state index is 0.120. The number of nitrogens with zero attached hydrogens (tertiary/aromatic N) is 4. The number of carbonyl (C=O) groups excluding carboxylic acids is 1. The van der Waals surface area contributed by atoms with Crippen LogP contribution in [0.5, 0.6) is 11.5 Å². The van der Waals surface area contributed by atoms with Gasteiger partial charge in [0.1, 0.15) is 11.5 Å². The number of thioether (sulfide) groups is 1. The molecule has 0 fully saturated rings. The molecule has 0 saturated heterocycles. The second-order valence-electron chi connectivity index (χ2n) is 6.16. The monoisotopic (exact) mass is 523 g/mol. The van der Waals surface area contributed by atoms with Gasteiger partial charge in [-0.05, 0) is 34.1 Å². The van der Waals surface area contributed by atoms with E-state index in [9.17, 15) is 4.79 Å². The zero-order valence-corrected chi connectivity index (χ0v) is 20.1. The van der Waals surface area contributed by atoms with Gasteiger partial charge in [0.25, 0.3) is 5.91 Å². The van der Waals surface area contributed by atoms with Crippen molar-refractivity contribution in [2.45, 2.75) is 5.16 Å². The molecule has 0 saturated carbocycles. The van der Waals surface area contributed by atoms with Crippen LogP contribution in [0.2, 0.25) is 5.02 Å². The van der Waals surface area contributed by atoms with Crippen LogP contribution >= 0.6 is 39.3 Å². The summed E-state index contributed by atoms with van der Waals surface area (Å²) in [7, 11) is 4.94. The smallest absolute Gasteiger partial charge is 0.250 e. The van der Waals surface area contributed by atoms with Crippen molar-refractivity contribution in [3.05, 3.63) is 51.5 Å². The van der Waals surface area contributed by atoms with Crippen molar-refractivity contribution in [1.29, 1.82) is 0 Å². The van der Waals surface area contributed by atoms with Crippen LogP contribution in [0.4, 0.5) is 0 Å². The molecule has 1 aromatic heterocycles. The molecule has 11 heteroatoms. The lowest BCUT2D eigenvalue weighted by atomic mass is 10.2. The van der Waals surface area contributed by atoms with Crippen LogP contribution in [0.25, 0.3) is 11.4 Å². The fraction of sp³-hybridized carbons (Fsp3) is 0.200. The summed E-state index contributed by atoms with van der Waals surface area (Å²) in [5.41, 5.74) is 3.96. The number of rotatable bonds is 8. The Bertz CT molecular complexity index is 1120. The van der Waals surface area contributed by atoms with Crippen LogP contribution in [0.3, 0.4) is 0 Å². The average molecular weight is 525 g/mol. The maximum Gasteiger partial charge on any atom is 0.250 e. The Morgan fingerprint density at radius 1 is 1.26 bits per heavy atom. The Balaban J connectivity index is 1.60. The SMILES string of the molecule is COc1cc(OC)c(/C=N/NC(=O)CSc2nnc(-c3ccccc3Cl)n2C)cc1Br. The van der Waals surface area contributed by atoms with Gasteiger partial charge in [-0.3, -0.25) is 4.79 Å². The Hall–Kier alpha value is -2.56. The topological polar surface area (TPSA) is 90.6 Å². The van der Waals surface area contributed by atoms with Gasteiger partial charge in [-0.25, -0.2) is 5.43 Å². The highest BCUT2D eigenvalue weighted by molar-refractivity contribution is 9.10. The minimum atomic E-state index is -0.282. The minimum Gasteiger partial charge on any atom is -0.496 e. The Morgan fingerprint density at radius 2 is 2.00 bits per heavy atom. The second-order valence-corrected chi connectivity index (χ2v) is 8.36. The highest BCUT2D eigenvalue weighted by Crippen LogP contribution is 2.32. The normalized spacial score (nSPS) is 11.0. The van der Waals surface area contributed by atoms with E-state index >= 15 is 0 Å². The molecule has 31 heavy (non-hydrogen) atoms. The summed E-state index contributed by atoms with van der Waals surface area (Å²) in [4.78, 5) is 12.2. The molecule has 1 N–H and O–H groups in total. The third-order valence-electron chi connectivity index (χ3n) is 4.18. The van der Waals surface area contributed by atoms with Crippen molar-refractivity contribution in [1.82, 2.24) is 20.2 Å². The molecule has 0 spiro atoms. The van der Waals surface area contributed by atoms with E-state index in [1.54, 1.807) is 37.0 Å². The van der Waals surface area contributed by atoms with Gasteiger partial charge in [0.15, 0.2) is 11.0 Å². The lowest BCUT2D eigenvalue weighted by Crippen LogP contribution is -2.20. The van der Waals surface area contributed by atoms with Crippen LogP contribution in [-0.2, 0) is 11.8 Å². The lowest BCUT2D eigenvalue weighted by molar-refractivity contribution is -0.118. The Morgan fingerprint density at radius 3 is 2.71 bits per heavy atom. The van der Waals surface area contributed by atoms with Crippen LogP contribution in [-0.4, -0.2) is 46.9 Å². The third kappa shape index (κ3) is 5.57. The highest BCUT2D eigenvalue weighted by atomic mass is 79.9. The van der Waals surface area contributed by atoms with E-state index in [0.717, 1.165) is 10.0 Å². The van der Waals surface area contributed by atoms with E-state index < -0.39 is 0 Å². The highest BCUT2D eigenvalue weighted by Gasteiger charge is 2.15. The lowest BCUT2D eigenvalue weighted by Gasteiger charge is -2.09. The van der Waals surface area contributed by atoms with E-state index in [4.69, 9.17) is 21.1 Å². The summed E-state index contributed by atoms with van der Waals surface area (Å²) < 4.78 is 13.1. The fourth-order valence-corrected chi connectivity index (χ4v) is 4.08. The quantitative estimate of drug-likeness (QED) is 0.270. The van der Waals surface area contributed by atoms with Gasteiger partial charge in [-0.1, -0.05) is 35.5 Å². The van der Waals surface area contributed by atoms with Gasteiger partial charge in [-0.15, -0.1) is 10.2 Å². The molecule has 1 heterocycles. The van der Waals surface area contributed by atoms with Gasteiger partial charge in [-0.2, -0.15) is 5.10 Å². The number of aromatic nitrogens is 3. The Labute approximate surface area is 197 Å². The zero-order chi connectivity index (χ0) is 22.4. The van der Waals surface area contributed by atoms with E-state index in [0.29, 0.717) is 33.1 Å². The van der Waals surface area contributed by atoms with Crippen molar-refractivity contribution in [3.8, 4) is 22.9 Å². The second kappa shape index (κ2) is 10.7. The van der Waals surface area contributed by atoms with E-state index in [2.05, 4.69) is 36.7 Å². The van der Waals surface area contributed by atoms with Crippen molar-refractivity contribution in [3.63, 3.8) is 0 Å². The van der Waals surface area contributed by atoms with Crippen LogP contribution < -0.4 is 14.9 Å². The van der Waals surface area contributed by atoms with Crippen molar-refractivity contribution < 1.29 is 14.3 Å². The number of methoxy groups -OCH3 is 2. The van der Waals surface area contributed by atoms with Crippen LogP contribution in [0.15, 0.2) is 51.1 Å². The maximum atomic E-state index is 12.2. The maximum absolute atomic E-state index is 12.2. The Kier molecular flexibility index (Phi) is 7.94. The zero-order valence-electron chi connectivity index (χ0n) is 16.9. The molecule has 0 aliphatic heterocycles. The van der Waals surface area contributed by atoms with Crippen molar-refractivity contribution in [2.24, 2.45) is 12.1 Å². The number of nitrogens with one attached hydrogen (secondary N) is 1. The predicted molar refractivity (Wildman–Crippen MR) is 125 cm³/mol. The summed E-state index contributed by atoms with van der Waals surface area (Å²) >= 11 is 10.9. The number of hydrogen-bond donors (Lipinski definition) is 1. The van der Waals surface area contributed by atoms with E-state index in [1.807, 2.05) is 25.2 Å². The van der Waals surface area contributed by atoms with Gasteiger partial charge in [0.05, 0.1) is 35.7 Å². The van der Waals surface area contributed by atoms with E-state index in [1.165, 1.54) is 18.0 Å². The first-order valence-corrected chi connectivity index (χ1v) is 11.1. The summed E-state index contributed by atoms with van der Waals surface area (Å²) in [5, 5.41) is 13.5. The number of halogens is 2. The van der Waals surface area contributed by atoms with Crippen molar-refractivity contribution in [2.75, 3.05) is 20.0 Å². The summed E-state index contributed by atoms with van der Waals surface area (Å²) in [6.07, 6.45) is 1.50. The molecule has 0 atom stereocenters. The molecule has 0 unspecified atom stereocenters. The largest absolute Gasteiger partial charge is 0.496 e. The van der Waals surface area contributed by atoms with Gasteiger partial charge in [0, 0.05) is 24.2 Å². The molecule has 3 aromatic rings. The number of ether oxygens (including phenoxy) is 2. The van der Waals surface area contributed by atoms with E-state index in [-0.39, 0.29) is 11.7 Å². The van der Waals surface area contributed by atoms with Crippen LogP contribution in [0.1, 0.15) is 5.56 Å². The molecule has 3 rings (SSSR count). The fourth-order valence-electron chi connectivity index (χ4n) is 2.64. The first-order chi connectivity index (χ1) is 14.9. The molecule has 0 aliphatic rings. The summed E-state index contributed by atoms with van der Waals surface area (Å²) in [5.74, 6) is 1.67. The first kappa shape index (κ1) is 23.1. The van der Waals surface area contributed by atoms with Crippen molar-refractivity contribution >= 4 is 51.4 Å². The molecule has 1 amide bonds. The molecule has 0 bridgehead atoms. The molecule has 8 nitrogen and oxygen atoms in total. The van der Waals surface area contributed by atoms with Gasteiger partial charge >= 0.3 is 0 Å². The molecule has 162 valence electrons. The molecule has 0 aliphatic carbocycles. The number of hydrogen-bond acceptors (Lipinski definition) is 7. The van der Waals surface area contributed by atoms with Crippen LogP contribution in [0, 0.1) is 0 Å². The summed E-state index contributed by atoms with van der Waals surface area (Å²) in [6, 6.07) is 10.9. The standard InChI is InChI=1S/C20H19BrClN5O3S/c1-27-19(13-6-4-5-7-15(13)22)25-26-20(27)31-11-18(28)24-23-10-12-8-14(21)17(30-3)9-16(12)29-2/h4-10H,11H2,1-3H3,(H,24,28)/b23-10+. The van der Waals surface area contributed by atoms with Gasteiger partial charge < -0.3 is 14.0 Å². The average Bonchev–Trinajstić information content (AvgIpc) is 3.13. The molecular weight excluding hydrogens is 506 g/mol. The summed E-state index contributed by atoms with van der Waals surface area (Å²) in [6.45, 7) is 0. The molecular formula is C20H19BrClN5O3S. The molecule has 2 aromatic carbocycles. The first-order valence-electron chi connectivity index (χ1n) is 8.95. The third-order valence-corrected chi connectivity index (χ3v) is 6.15.